The summed E-state index contributed by atoms with van der Waals surface area (Å²) in [7, 11) is 2.61. The standard InChI is InChI=1S/C24H27BrFN3O5.C15H12BrFN2O2/c1-24(2,3)34-23(32)28-9-12(10-28)20(30)19-18(22(31)33-4)27-21-15-7-16(25)17(26)8-14(15)11-5-13(6-11)29(19)21;1-21-15(20)13-6-19-8-2-7(3-8)9-5-12(17)11(16)4-10(9)14(19)18-13/h7-8,11-13,20,30H,5-6,9-10H2,1-4H3;4-8H,2-3H2,1H3. The van der Waals surface area contributed by atoms with E-state index in [0.717, 1.165) is 53.8 Å². The number of ether oxygens (including phenoxy) is 3. The highest BCUT2D eigenvalue weighted by Crippen LogP contribution is 2.55. The van der Waals surface area contributed by atoms with Gasteiger partial charge in [0.15, 0.2) is 11.4 Å². The van der Waals surface area contributed by atoms with Gasteiger partial charge in [-0.3, -0.25) is 0 Å². The van der Waals surface area contributed by atoms with Crippen LogP contribution in [0.25, 0.3) is 22.8 Å². The molecule has 2 aromatic carbocycles. The van der Waals surface area contributed by atoms with E-state index >= 15 is 0 Å². The molecule has 1 N–H and O–H groups in total. The van der Waals surface area contributed by atoms with Gasteiger partial charge in [-0.15, -0.1) is 0 Å². The third kappa shape index (κ3) is 6.47. The lowest BCUT2D eigenvalue weighted by Gasteiger charge is -2.43. The van der Waals surface area contributed by atoms with E-state index in [1.54, 1.807) is 45.2 Å². The smallest absolute Gasteiger partial charge is 0.410 e. The summed E-state index contributed by atoms with van der Waals surface area (Å²) in [4.78, 5) is 47.3. The first kappa shape index (κ1) is 37.8. The Morgan fingerprint density at radius 3 is 1.93 bits per heavy atom. The predicted molar refractivity (Wildman–Crippen MR) is 202 cm³/mol. The van der Waals surface area contributed by atoms with Crippen molar-refractivity contribution in [3.63, 3.8) is 0 Å². The maximum absolute atomic E-state index is 14.3. The largest absolute Gasteiger partial charge is 0.464 e. The number of nitrogens with zero attached hydrogens (tertiary/aromatic N) is 5. The molecule has 12 nitrogen and oxygen atoms in total. The normalized spacial score (nSPS) is 22.0. The van der Waals surface area contributed by atoms with E-state index in [9.17, 15) is 28.3 Å². The molecule has 290 valence electrons. The van der Waals surface area contributed by atoms with Crippen molar-refractivity contribution < 1.29 is 42.5 Å². The van der Waals surface area contributed by atoms with E-state index in [1.807, 2.05) is 9.13 Å². The molecule has 0 radical (unpaired) electrons. The third-order valence-electron chi connectivity index (χ3n) is 11.3. The van der Waals surface area contributed by atoms with Crippen LogP contribution in [-0.2, 0) is 14.2 Å². The Kier molecular flexibility index (Phi) is 9.47. The second-order valence-corrected chi connectivity index (χ2v) is 17.5. The highest BCUT2D eigenvalue weighted by molar-refractivity contribution is 9.10. The summed E-state index contributed by atoms with van der Waals surface area (Å²) in [6.07, 6.45) is 3.74. The number of hydrogen-bond acceptors (Lipinski definition) is 9. The summed E-state index contributed by atoms with van der Waals surface area (Å²) in [5.74, 6) is -0.161. The summed E-state index contributed by atoms with van der Waals surface area (Å²) < 4.78 is 48.0. The molecule has 7 aliphatic rings. The zero-order valence-electron chi connectivity index (χ0n) is 30.7. The summed E-state index contributed by atoms with van der Waals surface area (Å²) in [6, 6.07) is 6.92. The van der Waals surface area contributed by atoms with Crippen LogP contribution in [0.2, 0.25) is 0 Å². The lowest BCUT2D eigenvalue weighted by Crippen LogP contribution is -2.53. The van der Waals surface area contributed by atoms with Crippen molar-refractivity contribution in [2.45, 2.75) is 82.1 Å². The highest BCUT2D eigenvalue weighted by Gasteiger charge is 2.47. The molecule has 11 rings (SSSR count). The first-order valence-electron chi connectivity index (χ1n) is 18.1. The number of benzene rings is 2. The van der Waals surface area contributed by atoms with Crippen molar-refractivity contribution in [2.75, 3.05) is 27.3 Å². The van der Waals surface area contributed by atoms with Crippen molar-refractivity contribution in [1.82, 2.24) is 24.0 Å². The average molecular weight is 888 g/mol. The first-order valence-corrected chi connectivity index (χ1v) is 19.7. The molecular formula is C39H39Br2F2N5O7. The second-order valence-electron chi connectivity index (χ2n) is 15.8. The number of methoxy groups -OCH3 is 2. The van der Waals surface area contributed by atoms with Crippen molar-refractivity contribution in [1.29, 1.82) is 0 Å². The van der Waals surface area contributed by atoms with Crippen LogP contribution < -0.4 is 0 Å². The number of halogens is 4. The molecule has 1 amide bonds. The maximum Gasteiger partial charge on any atom is 0.410 e. The van der Waals surface area contributed by atoms with E-state index in [4.69, 9.17) is 14.2 Å². The van der Waals surface area contributed by atoms with Crippen LogP contribution in [-0.4, -0.2) is 80.1 Å². The Morgan fingerprint density at radius 1 is 0.836 bits per heavy atom. The maximum atomic E-state index is 14.3. The number of imidazole rings is 2. The summed E-state index contributed by atoms with van der Waals surface area (Å²) >= 11 is 6.49. The minimum absolute atomic E-state index is 0.0341. The van der Waals surface area contributed by atoms with Gasteiger partial charge in [0.1, 0.15) is 35.0 Å². The molecule has 4 aromatic rings. The van der Waals surface area contributed by atoms with E-state index in [0.29, 0.717) is 51.2 Å². The minimum atomic E-state index is -1.03. The number of aromatic nitrogens is 4. The average Bonchev–Trinajstić information content (AvgIpc) is 3.55. The van der Waals surface area contributed by atoms with Gasteiger partial charge in [-0.25, -0.2) is 33.1 Å². The van der Waals surface area contributed by atoms with E-state index < -0.39 is 29.7 Å². The topological polar surface area (TPSA) is 138 Å². The van der Waals surface area contributed by atoms with Gasteiger partial charge in [0, 0.05) is 48.4 Å². The van der Waals surface area contributed by atoms with Crippen molar-refractivity contribution in [3.8, 4) is 22.8 Å². The van der Waals surface area contributed by atoms with Gasteiger partial charge in [0.05, 0.1) is 28.9 Å². The molecule has 1 saturated heterocycles. The Hall–Kier alpha value is -4.15. The van der Waals surface area contributed by atoms with Gasteiger partial charge in [-0.05, 0) is 126 Å². The third-order valence-corrected chi connectivity index (χ3v) is 12.5. The molecule has 2 aromatic heterocycles. The number of amides is 1. The van der Waals surface area contributed by atoms with Gasteiger partial charge in [-0.2, -0.15) is 0 Å². The van der Waals surface area contributed by atoms with Gasteiger partial charge >= 0.3 is 18.0 Å². The van der Waals surface area contributed by atoms with Crippen molar-refractivity contribution in [3.05, 3.63) is 79.3 Å². The summed E-state index contributed by atoms with van der Waals surface area (Å²) in [5.41, 5.74) is 3.61. The molecule has 0 spiro atoms. The molecule has 5 aliphatic heterocycles. The fraction of sp³-hybridized carbons (Fsp3) is 0.462. The van der Waals surface area contributed by atoms with Gasteiger partial charge in [0.2, 0.25) is 0 Å². The number of aliphatic hydroxyl groups excluding tert-OH is 1. The van der Waals surface area contributed by atoms with E-state index in [2.05, 4.69) is 41.8 Å². The molecule has 4 bridgehead atoms. The molecule has 1 atom stereocenters. The van der Waals surface area contributed by atoms with Gasteiger partial charge < -0.3 is 33.4 Å². The monoisotopic (exact) mass is 885 g/mol. The van der Waals surface area contributed by atoms with Crippen LogP contribution in [0.1, 0.15) is 114 Å². The van der Waals surface area contributed by atoms with Crippen LogP contribution >= 0.6 is 31.9 Å². The SMILES string of the molecule is COC(=O)c1cn2c(n1)-c1cc(Br)c(F)cc1C1CC2C1.COC(=O)c1nc2n(c1C(O)C1CN(C(=O)OC(C)(C)C)C1)C1CC(C1)c1cc(F)c(Br)cc1-2. The number of carbonyl (C=O) groups excluding carboxylic acids is 3. The minimum Gasteiger partial charge on any atom is -0.464 e. The highest BCUT2D eigenvalue weighted by atomic mass is 79.9. The number of rotatable bonds is 4. The zero-order valence-corrected chi connectivity index (χ0v) is 33.9. The Morgan fingerprint density at radius 2 is 1.38 bits per heavy atom. The van der Waals surface area contributed by atoms with E-state index in [1.165, 1.54) is 25.2 Å². The second kappa shape index (κ2) is 13.8. The Labute approximate surface area is 332 Å². The molecule has 2 saturated carbocycles. The van der Waals surface area contributed by atoms with Crippen molar-refractivity contribution >= 4 is 49.9 Å². The molecule has 2 aliphatic carbocycles. The number of carbonyl (C=O) groups is 3. The molecule has 3 fully saturated rings. The number of aliphatic hydroxyl groups is 1. The fourth-order valence-corrected chi connectivity index (χ4v) is 9.02. The lowest BCUT2D eigenvalue weighted by atomic mass is 9.75. The predicted octanol–water partition coefficient (Wildman–Crippen LogP) is 8.24. The molecular weight excluding hydrogens is 848 g/mol. The zero-order chi connectivity index (χ0) is 39.2. The van der Waals surface area contributed by atoms with Gasteiger partial charge in [0.25, 0.3) is 0 Å². The number of esters is 2. The number of likely N-dealkylation sites (tertiary alicyclic amines) is 1. The Balaban J connectivity index is 0.000000173. The Bertz CT molecular complexity index is 2250. The molecule has 16 heteroatoms. The molecule has 7 heterocycles. The molecule has 55 heavy (non-hydrogen) atoms. The van der Waals surface area contributed by atoms with Crippen molar-refractivity contribution in [2.24, 2.45) is 5.92 Å². The van der Waals surface area contributed by atoms with Crippen LogP contribution in [0.5, 0.6) is 0 Å². The van der Waals surface area contributed by atoms with Crippen LogP contribution in [0.15, 0.2) is 39.4 Å². The molecule has 1 unspecified atom stereocenters. The van der Waals surface area contributed by atoms with Crippen LogP contribution in [0, 0.1) is 17.6 Å². The summed E-state index contributed by atoms with van der Waals surface area (Å²) in [6.45, 7) is 6.01. The van der Waals surface area contributed by atoms with Gasteiger partial charge in [-0.1, -0.05) is 0 Å². The number of hydrogen-bond donors (Lipinski definition) is 1. The lowest BCUT2D eigenvalue weighted by molar-refractivity contribution is -0.0342. The van der Waals surface area contributed by atoms with Crippen LogP contribution in [0.3, 0.4) is 0 Å². The first-order chi connectivity index (χ1) is 26.1. The van der Waals surface area contributed by atoms with Crippen LogP contribution in [0.4, 0.5) is 13.6 Å². The quantitative estimate of drug-likeness (QED) is 0.159. The fourth-order valence-electron chi connectivity index (χ4n) is 8.33. The van der Waals surface area contributed by atoms with E-state index in [-0.39, 0.29) is 35.2 Å². The summed E-state index contributed by atoms with van der Waals surface area (Å²) in [5, 5.41) is 11.4.